The number of hydrogen-bond donors (Lipinski definition) is 4. The zero-order chi connectivity index (χ0) is 17.3. The first-order valence-corrected chi connectivity index (χ1v) is 7.85. The number of ether oxygens (including phenoxy) is 1. The van der Waals surface area contributed by atoms with Crippen molar-refractivity contribution in [3.63, 3.8) is 0 Å². The molecule has 2 unspecified atom stereocenters. The number of aromatic nitrogens is 4. The zero-order valence-corrected chi connectivity index (χ0v) is 13.6. The van der Waals surface area contributed by atoms with E-state index in [1.807, 2.05) is 6.92 Å². The van der Waals surface area contributed by atoms with Gasteiger partial charge in [0.05, 0.1) is 19.5 Å². The molecule has 3 rings (SSSR count). The molecule has 1 aliphatic rings. The van der Waals surface area contributed by atoms with Gasteiger partial charge in [-0.3, -0.25) is 9.40 Å². The smallest absolute Gasteiger partial charge is 0.226 e. The third-order valence-electron chi connectivity index (χ3n) is 3.66. The van der Waals surface area contributed by atoms with Gasteiger partial charge in [-0.1, -0.05) is 6.92 Å². The summed E-state index contributed by atoms with van der Waals surface area (Å²) in [6.45, 7) is 2.01. The highest BCUT2D eigenvalue weighted by atomic mass is 35.5. The molecule has 0 bridgehead atoms. The molecule has 2 aromatic heterocycles. The second kappa shape index (κ2) is 7.13. The number of rotatable bonds is 6. The molecule has 1 aliphatic heterocycles. The van der Waals surface area contributed by atoms with Crippen molar-refractivity contribution in [3.05, 3.63) is 11.6 Å². The van der Waals surface area contributed by atoms with Crippen LogP contribution in [0.3, 0.4) is 0 Å². The number of imidazole rings is 1. The van der Waals surface area contributed by atoms with Crippen molar-refractivity contribution >= 4 is 28.6 Å². The number of aliphatic hydroxyl groups is 3. The number of aliphatic hydroxyl groups excluding tert-OH is 3. The van der Waals surface area contributed by atoms with Gasteiger partial charge in [0.2, 0.25) is 5.28 Å². The van der Waals surface area contributed by atoms with Crippen LogP contribution < -0.4 is 5.48 Å². The molecule has 0 aromatic carbocycles. The van der Waals surface area contributed by atoms with E-state index in [1.165, 1.54) is 10.9 Å². The predicted octanol–water partition coefficient (Wildman–Crippen LogP) is -0.155. The summed E-state index contributed by atoms with van der Waals surface area (Å²) in [6.07, 6.45) is -2.13. The van der Waals surface area contributed by atoms with E-state index >= 15 is 0 Å². The molecular weight excluding hydrogens is 342 g/mol. The van der Waals surface area contributed by atoms with Gasteiger partial charge in [-0.25, -0.2) is 10.5 Å². The summed E-state index contributed by atoms with van der Waals surface area (Å²) in [5, 5.41) is 29.2. The predicted molar refractivity (Wildman–Crippen MR) is 83.2 cm³/mol. The Morgan fingerprint density at radius 3 is 2.83 bits per heavy atom. The minimum absolute atomic E-state index is 0.0430. The Kier molecular flexibility index (Phi) is 5.13. The maximum absolute atomic E-state index is 10.2. The number of anilines is 1. The van der Waals surface area contributed by atoms with E-state index < -0.39 is 31.1 Å². The zero-order valence-electron chi connectivity index (χ0n) is 12.8. The second-order valence-electron chi connectivity index (χ2n) is 5.34. The summed E-state index contributed by atoms with van der Waals surface area (Å²) in [7, 11) is 0. The fourth-order valence-electron chi connectivity index (χ4n) is 2.48. The Labute approximate surface area is 142 Å². The van der Waals surface area contributed by atoms with Crippen LogP contribution in [0.4, 0.5) is 5.82 Å². The highest BCUT2D eigenvalue weighted by molar-refractivity contribution is 6.28. The Morgan fingerprint density at radius 2 is 2.17 bits per heavy atom. The highest BCUT2D eigenvalue weighted by Gasteiger charge is 2.44. The fraction of sp³-hybridized carbons (Fsp3) is 0.615. The molecule has 4 N–H and O–H groups in total. The fourth-order valence-corrected chi connectivity index (χ4v) is 2.64. The molecule has 1 fully saturated rings. The number of nitrogens with one attached hydrogen (secondary N) is 1. The third kappa shape index (κ3) is 3.04. The topological polar surface area (TPSA) is 135 Å². The molecule has 0 spiro atoms. The van der Waals surface area contributed by atoms with Gasteiger partial charge in [0, 0.05) is 0 Å². The van der Waals surface area contributed by atoms with Crippen molar-refractivity contribution in [2.45, 2.75) is 37.9 Å². The summed E-state index contributed by atoms with van der Waals surface area (Å²) in [6, 6.07) is 0. The van der Waals surface area contributed by atoms with E-state index in [2.05, 4.69) is 20.4 Å². The van der Waals surface area contributed by atoms with Crippen molar-refractivity contribution in [1.82, 2.24) is 19.5 Å². The Morgan fingerprint density at radius 1 is 1.38 bits per heavy atom. The molecule has 0 radical (unpaired) electrons. The van der Waals surface area contributed by atoms with E-state index in [0.29, 0.717) is 17.8 Å². The van der Waals surface area contributed by atoms with Gasteiger partial charge >= 0.3 is 0 Å². The van der Waals surface area contributed by atoms with E-state index in [1.54, 1.807) is 0 Å². The van der Waals surface area contributed by atoms with Crippen LogP contribution in [0.25, 0.3) is 11.2 Å². The lowest BCUT2D eigenvalue weighted by Crippen LogP contribution is -2.33. The molecule has 11 heteroatoms. The summed E-state index contributed by atoms with van der Waals surface area (Å²) in [5.74, 6) is 0.281. The molecule has 0 amide bonds. The van der Waals surface area contributed by atoms with Crippen molar-refractivity contribution in [3.8, 4) is 0 Å². The number of halogens is 1. The first-order valence-electron chi connectivity index (χ1n) is 7.47. The van der Waals surface area contributed by atoms with Crippen LogP contribution >= 0.6 is 11.6 Å². The number of nitrogens with zero attached hydrogens (tertiary/aromatic N) is 4. The van der Waals surface area contributed by atoms with Crippen molar-refractivity contribution < 1.29 is 24.9 Å². The molecule has 1 saturated heterocycles. The first-order chi connectivity index (χ1) is 11.6. The standard InChI is InChI=1S/C13H18ClN5O5/c1-2-3-23-18-10-7-11(17-13(14)16-10)19(5-15-7)12-9(22)8(21)6(4-20)24-12/h5-6,8-9,12,20-22H,2-4H2,1H3,(H,16,17,18)/t6-,8?,9?,12-/m1/s1. The highest BCUT2D eigenvalue weighted by Crippen LogP contribution is 2.32. The molecule has 0 saturated carbocycles. The molecule has 2 aromatic rings. The van der Waals surface area contributed by atoms with Gasteiger partial charge in [-0.2, -0.15) is 9.97 Å². The van der Waals surface area contributed by atoms with Crippen LogP contribution in [-0.4, -0.2) is 66.4 Å². The minimum Gasteiger partial charge on any atom is -0.394 e. The molecule has 10 nitrogen and oxygen atoms in total. The van der Waals surface area contributed by atoms with Crippen LogP contribution in [0.5, 0.6) is 0 Å². The van der Waals surface area contributed by atoms with Gasteiger partial charge in [-0.05, 0) is 18.0 Å². The van der Waals surface area contributed by atoms with E-state index in [-0.39, 0.29) is 11.1 Å². The summed E-state index contributed by atoms with van der Waals surface area (Å²) in [5.41, 5.74) is 3.34. The van der Waals surface area contributed by atoms with Gasteiger partial charge in [0.15, 0.2) is 23.2 Å². The molecule has 3 heterocycles. The van der Waals surface area contributed by atoms with E-state index in [9.17, 15) is 15.3 Å². The minimum atomic E-state index is -1.25. The molecule has 4 atom stereocenters. The van der Waals surface area contributed by atoms with Crippen molar-refractivity contribution in [2.24, 2.45) is 0 Å². The van der Waals surface area contributed by atoms with Gasteiger partial charge in [0.1, 0.15) is 18.3 Å². The van der Waals surface area contributed by atoms with Crippen LogP contribution in [0.1, 0.15) is 19.6 Å². The summed E-state index contributed by atoms with van der Waals surface area (Å²) in [4.78, 5) is 17.6. The van der Waals surface area contributed by atoms with Crippen LogP contribution in [0, 0.1) is 0 Å². The maximum Gasteiger partial charge on any atom is 0.226 e. The average Bonchev–Trinajstić information content (AvgIpc) is 3.10. The number of fused-ring (bicyclic) bond motifs is 1. The average molecular weight is 360 g/mol. The molecule has 132 valence electrons. The van der Waals surface area contributed by atoms with Crippen LogP contribution in [0.2, 0.25) is 5.28 Å². The second-order valence-corrected chi connectivity index (χ2v) is 5.68. The summed E-state index contributed by atoms with van der Waals surface area (Å²) < 4.78 is 6.91. The lowest BCUT2D eigenvalue weighted by Gasteiger charge is -2.16. The largest absolute Gasteiger partial charge is 0.394 e. The van der Waals surface area contributed by atoms with Gasteiger partial charge in [0.25, 0.3) is 0 Å². The third-order valence-corrected chi connectivity index (χ3v) is 3.83. The monoisotopic (exact) mass is 359 g/mol. The number of hydrogen-bond acceptors (Lipinski definition) is 9. The Hall–Kier alpha value is -1.56. The SMILES string of the molecule is CCCONc1nc(Cl)nc2c1ncn2[C@@H]1O[C@H](CO)C(O)C1O. The first kappa shape index (κ1) is 17.3. The quantitative estimate of drug-likeness (QED) is 0.315. The van der Waals surface area contributed by atoms with Crippen molar-refractivity contribution in [1.29, 1.82) is 0 Å². The molecule has 0 aliphatic carbocycles. The maximum atomic E-state index is 10.2. The van der Waals surface area contributed by atoms with Crippen LogP contribution in [0.15, 0.2) is 6.33 Å². The van der Waals surface area contributed by atoms with Gasteiger partial charge < -0.3 is 20.1 Å². The lowest BCUT2D eigenvalue weighted by molar-refractivity contribution is -0.0511. The van der Waals surface area contributed by atoms with Gasteiger partial charge in [-0.15, -0.1) is 0 Å². The van der Waals surface area contributed by atoms with Crippen molar-refractivity contribution in [2.75, 3.05) is 18.7 Å². The Bertz CT molecular complexity index is 713. The summed E-state index contributed by atoms with van der Waals surface area (Å²) >= 11 is 5.94. The molecule has 24 heavy (non-hydrogen) atoms. The normalized spacial score (nSPS) is 27.0. The Balaban J connectivity index is 1.95. The van der Waals surface area contributed by atoms with Crippen LogP contribution in [-0.2, 0) is 9.57 Å². The van der Waals surface area contributed by atoms with E-state index in [4.69, 9.17) is 21.2 Å². The van der Waals surface area contributed by atoms with E-state index in [0.717, 1.165) is 6.42 Å². The molecular formula is C13H18ClN5O5. The lowest BCUT2D eigenvalue weighted by atomic mass is 10.1.